The van der Waals surface area contributed by atoms with Crippen molar-refractivity contribution in [1.82, 2.24) is 0 Å². The van der Waals surface area contributed by atoms with Crippen molar-refractivity contribution in [3.63, 3.8) is 0 Å². The molecule has 2 aromatic carbocycles. The average Bonchev–Trinajstić information content (AvgIpc) is 2.41. The van der Waals surface area contributed by atoms with E-state index in [2.05, 4.69) is 0 Å². The summed E-state index contributed by atoms with van der Waals surface area (Å²) in [5, 5.41) is 6.76. The van der Waals surface area contributed by atoms with Gasteiger partial charge in [-0.2, -0.15) is 0 Å². The summed E-state index contributed by atoms with van der Waals surface area (Å²) < 4.78 is 0. The zero-order chi connectivity index (χ0) is 12.5. The summed E-state index contributed by atoms with van der Waals surface area (Å²) in [7, 11) is 0. The molecule has 0 aliphatic rings. The monoisotopic (exact) mass is 224 g/mol. The molecule has 3 heteroatoms. The van der Waals surface area contributed by atoms with Crippen LogP contribution in [0.3, 0.4) is 0 Å². The van der Waals surface area contributed by atoms with Gasteiger partial charge in [-0.25, -0.2) is 0 Å². The van der Waals surface area contributed by atoms with Crippen molar-refractivity contribution in [3.8, 4) is 0 Å². The highest BCUT2D eigenvalue weighted by atomic mass is 16.1. The lowest BCUT2D eigenvalue weighted by Crippen LogP contribution is -1.99. The van der Waals surface area contributed by atoms with Gasteiger partial charge in [0, 0.05) is 11.1 Å². The third kappa shape index (κ3) is 3.86. The van der Waals surface area contributed by atoms with Crippen LogP contribution in [-0.4, -0.2) is 11.9 Å². The predicted molar refractivity (Wildman–Crippen MR) is 65.4 cm³/mol. The van der Waals surface area contributed by atoms with Gasteiger partial charge in [0.2, 0.25) is 0 Å². The van der Waals surface area contributed by atoms with Crippen LogP contribution in [0.1, 0.15) is 15.9 Å². The SMILES string of the molecule is O=C(c1ccccc1)c1ccccc1.[N-]=C=O. The first-order chi connectivity index (χ1) is 8.29. The number of benzene rings is 2. The van der Waals surface area contributed by atoms with E-state index in [0.717, 1.165) is 11.1 Å². The van der Waals surface area contributed by atoms with Crippen LogP contribution in [0.15, 0.2) is 60.7 Å². The minimum atomic E-state index is 0.0752. The Kier molecular flexibility index (Phi) is 5.08. The molecule has 0 fully saturated rings. The number of isocyanates is 1. The number of rotatable bonds is 2. The molecule has 0 bridgehead atoms. The molecule has 0 aromatic heterocycles. The van der Waals surface area contributed by atoms with Crippen LogP contribution in [-0.2, 0) is 4.79 Å². The second-order valence-electron chi connectivity index (χ2n) is 3.15. The molecular weight excluding hydrogens is 214 g/mol. The molecule has 0 aliphatic carbocycles. The lowest BCUT2D eigenvalue weighted by Gasteiger charge is -1.99. The molecule has 0 atom stereocenters. The van der Waals surface area contributed by atoms with Gasteiger partial charge in [0.05, 0.1) is 0 Å². The van der Waals surface area contributed by atoms with Gasteiger partial charge in [-0.3, -0.25) is 9.59 Å². The first-order valence-corrected chi connectivity index (χ1v) is 4.95. The van der Waals surface area contributed by atoms with Crippen LogP contribution < -0.4 is 0 Å². The Morgan fingerprint density at radius 1 is 0.824 bits per heavy atom. The fourth-order valence-corrected chi connectivity index (χ4v) is 1.35. The van der Waals surface area contributed by atoms with Gasteiger partial charge in [-0.05, 0) is 6.08 Å². The maximum atomic E-state index is 11.8. The van der Waals surface area contributed by atoms with Crippen LogP contribution >= 0.6 is 0 Å². The van der Waals surface area contributed by atoms with Crippen molar-refractivity contribution < 1.29 is 9.59 Å². The van der Waals surface area contributed by atoms with E-state index < -0.39 is 0 Å². The molecular formula is C14H10NO2-. The Morgan fingerprint density at radius 2 is 1.12 bits per heavy atom. The predicted octanol–water partition coefficient (Wildman–Crippen LogP) is 2.81. The topological polar surface area (TPSA) is 56.4 Å². The van der Waals surface area contributed by atoms with E-state index in [0.29, 0.717) is 6.08 Å². The summed E-state index contributed by atoms with van der Waals surface area (Å²) in [6.45, 7) is 0. The summed E-state index contributed by atoms with van der Waals surface area (Å²) in [6, 6.07) is 18.6. The van der Waals surface area contributed by atoms with Crippen molar-refractivity contribution in [3.05, 3.63) is 77.2 Å². The van der Waals surface area contributed by atoms with Crippen LogP contribution in [0, 0.1) is 0 Å². The van der Waals surface area contributed by atoms with Gasteiger partial charge in [0.15, 0.2) is 5.78 Å². The third-order valence-corrected chi connectivity index (χ3v) is 2.07. The number of hydrogen-bond donors (Lipinski definition) is 0. The van der Waals surface area contributed by atoms with Crippen LogP contribution in [0.5, 0.6) is 0 Å². The Morgan fingerprint density at radius 3 is 1.41 bits per heavy atom. The van der Waals surface area contributed by atoms with Gasteiger partial charge in [-0.1, -0.05) is 60.7 Å². The standard InChI is InChI=1S/C13H10O.CNO/c14-13(11-7-3-1-4-8-11)12-9-5-2-6-10-12;2-1-3/h1-10H;/q;-1. The number of nitrogens with zero attached hydrogens (tertiary/aromatic N) is 1. The van der Waals surface area contributed by atoms with Gasteiger partial charge in [0.1, 0.15) is 0 Å². The van der Waals surface area contributed by atoms with E-state index in [1.807, 2.05) is 60.7 Å². The summed E-state index contributed by atoms with van der Waals surface area (Å²) in [5.74, 6) is 0.0752. The molecule has 0 heterocycles. The lowest BCUT2D eigenvalue weighted by molar-refractivity contribution is 0.103. The highest BCUT2D eigenvalue weighted by Crippen LogP contribution is 2.08. The first-order valence-electron chi connectivity index (χ1n) is 4.95. The largest absolute Gasteiger partial charge is 0.724 e. The fraction of sp³-hybridized carbons (Fsp3) is 0. The number of hydrogen-bond acceptors (Lipinski definition) is 2. The molecule has 0 radical (unpaired) electrons. The fourth-order valence-electron chi connectivity index (χ4n) is 1.35. The zero-order valence-corrected chi connectivity index (χ0v) is 9.04. The maximum Gasteiger partial charge on any atom is 0.193 e. The van der Waals surface area contributed by atoms with Crippen molar-refractivity contribution in [2.45, 2.75) is 0 Å². The highest BCUT2D eigenvalue weighted by Gasteiger charge is 2.06. The minimum Gasteiger partial charge on any atom is -0.724 e. The minimum absolute atomic E-state index is 0.0752. The quantitative estimate of drug-likeness (QED) is 0.447. The second-order valence-corrected chi connectivity index (χ2v) is 3.15. The van der Waals surface area contributed by atoms with Crippen LogP contribution in [0.25, 0.3) is 5.41 Å². The first kappa shape index (κ1) is 12.6. The Balaban J connectivity index is 0.000000437. The molecule has 0 saturated carbocycles. The average molecular weight is 224 g/mol. The van der Waals surface area contributed by atoms with Gasteiger partial charge < -0.3 is 5.41 Å². The van der Waals surface area contributed by atoms with E-state index in [1.54, 1.807) is 0 Å². The molecule has 0 amide bonds. The second kappa shape index (κ2) is 6.88. The molecule has 2 aromatic rings. The normalized spacial score (nSPS) is 8.47. The summed E-state index contributed by atoms with van der Waals surface area (Å²) >= 11 is 0. The summed E-state index contributed by atoms with van der Waals surface area (Å²) in [4.78, 5) is 20.1. The van der Waals surface area contributed by atoms with Crippen LogP contribution in [0.4, 0.5) is 0 Å². The third-order valence-electron chi connectivity index (χ3n) is 2.07. The Labute approximate surface area is 99.2 Å². The zero-order valence-electron chi connectivity index (χ0n) is 9.04. The maximum absolute atomic E-state index is 11.8. The molecule has 0 N–H and O–H groups in total. The van der Waals surface area contributed by atoms with E-state index in [4.69, 9.17) is 10.2 Å². The molecule has 17 heavy (non-hydrogen) atoms. The summed E-state index contributed by atoms with van der Waals surface area (Å²) in [6.07, 6.45) is 0.500. The van der Waals surface area contributed by atoms with E-state index in [9.17, 15) is 4.79 Å². The molecule has 0 spiro atoms. The van der Waals surface area contributed by atoms with Gasteiger partial charge >= 0.3 is 0 Å². The Bertz CT molecular complexity index is 459. The molecule has 0 saturated heterocycles. The van der Waals surface area contributed by atoms with Crippen molar-refractivity contribution in [2.75, 3.05) is 0 Å². The molecule has 0 aliphatic heterocycles. The number of carbonyl (C=O) groups excluding carboxylic acids is 2. The Hall–Kier alpha value is -2.51. The molecule has 3 nitrogen and oxygen atoms in total. The van der Waals surface area contributed by atoms with E-state index in [1.165, 1.54) is 0 Å². The van der Waals surface area contributed by atoms with Gasteiger partial charge in [-0.15, -0.1) is 0 Å². The van der Waals surface area contributed by atoms with E-state index >= 15 is 0 Å². The van der Waals surface area contributed by atoms with Crippen molar-refractivity contribution in [1.29, 1.82) is 0 Å². The van der Waals surface area contributed by atoms with E-state index in [-0.39, 0.29) is 5.78 Å². The van der Waals surface area contributed by atoms with Crippen molar-refractivity contribution >= 4 is 11.9 Å². The van der Waals surface area contributed by atoms with Crippen molar-refractivity contribution in [2.24, 2.45) is 0 Å². The lowest BCUT2D eigenvalue weighted by atomic mass is 10.0. The highest BCUT2D eigenvalue weighted by molar-refractivity contribution is 6.08. The molecule has 2 rings (SSSR count). The smallest absolute Gasteiger partial charge is 0.193 e. The molecule has 0 unspecified atom stereocenters. The number of ketones is 1. The summed E-state index contributed by atoms with van der Waals surface area (Å²) in [5.41, 5.74) is 1.47. The molecule has 84 valence electrons. The van der Waals surface area contributed by atoms with Crippen LogP contribution in [0.2, 0.25) is 0 Å². The number of carbonyl (C=O) groups is 1. The van der Waals surface area contributed by atoms with Gasteiger partial charge in [0.25, 0.3) is 0 Å².